The van der Waals surface area contributed by atoms with E-state index in [4.69, 9.17) is 0 Å². The van der Waals surface area contributed by atoms with E-state index in [1.165, 1.54) is 0 Å². The van der Waals surface area contributed by atoms with Crippen LogP contribution in [-0.2, 0) is 14.5 Å². The van der Waals surface area contributed by atoms with Crippen molar-refractivity contribution in [3.63, 3.8) is 0 Å². The molecule has 0 unspecified atom stereocenters. The van der Waals surface area contributed by atoms with Gasteiger partial charge in [-0.15, -0.1) is 0 Å². The Morgan fingerprint density at radius 2 is 1.94 bits per heavy atom. The average molecular weight is 361 g/mol. The molecular formula is C9H10F2INO2S. The van der Waals surface area contributed by atoms with E-state index in [2.05, 4.69) is 4.72 Å². The second-order valence-corrected chi connectivity index (χ2v) is 5.51. The van der Waals surface area contributed by atoms with Crippen LogP contribution in [0.3, 0.4) is 0 Å². The fraction of sp³-hybridized carbons (Fsp3) is 0.333. The van der Waals surface area contributed by atoms with Crippen molar-refractivity contribution in [1.29, 1.82) is 0 Å². The second-order valence-electron chi connectivity index (χ2n) is 3.01. The number of hydrogen-bond donors (Lipinski definition) is 1. The van der Waals surface area contributed by atoms with E-state index in [9.17, 15) is 17.2 Å². The summed E-state index contributed by atoms with van der Waals surface area (Å²) in [6.07, 6.45) is 0. The molecule has 0 aliphatic rings. The van der Waals surface area contributed by atoms with Crippen LogP contribution in [-0.4, -0.2) is 15.0 Å². The Morgan fingerprint density at radius 3 is 2.44 bits per heavy atom. The van der Waals surface area contributed by atoms with E-state index in [0.29, 0.717) is 6.07 Å². The fourth-order valence-electron chi connectivity index (χ4n) is 1.15. The molecule has 1 rings (SSSR count). The lowest BCUT2D eigenvalue weighted by atomic mass is 10.2. The van der Waals surface area contributed by atoms with Crippen molar-refractivity contribution in [1.82, 2.24) is 4.72 Å². The highest BCUT2D eigenvalue weighted by Gasteiger charge is 2.20. The summed E-state index contributed by atoms with van der Waals surface area (Å²) in [7, 11) is -3.96. The van der Waals surface area contributed by atoms with Crippen molar-refractivity contribution >= 4 is 32.6 Å². The van der Waals surface area contributed by atoms with Gasteiger partial charge in [-0.25, -0.2) is 21.9 Å². The third-order valence-electron chi connectivity index (χ3n) is 1.87. The molecule has 0 saturated carbocycles. The average Bonchev–Trinajstić information content (AvgIpc) is 2.20. The SMILES string of the molecule is CCNS(=O)(=O)c1cc(F)c(CI)cc1F. The van der Waals surface area contributed by atoms with Gasteiger partial charge >= 0.3 is 0 Å². The Hall–Kier alpha value is -0.280. The van der Waals surface area contributed by atoms with Crippen molar-refractivity contribution in [2.45, 2.75) is 16.2 Å². The molecule has 0 saturated heterocycles. The van der Waals surface area contributed by atoms with E-state index in [0.717, 1.165) is 6.07 Å². The molecule has 0 spiro atoms. The zero-order chi connectivity index (χ0) is 12.3. The molecule has 16 heavy (non-hydrogen) atoms. The number of rotatable bonds is 4. The summed E-state index contributed by atoms with van der Waals surface area (Å²) in [6.45, 7) is 1.68. The van der Waals surface area contributed by atoms with Gasteiger partial charge in [0, 0.05) is 16.5 Å². The number of benzene rings is 1. The Morgan fingerprint density at radius 1 is 1.31 bits per heavy atom. The molecule has 1 aromatic rings. The Bertz CT molecular complexity index is 491. The van der Waals surface area contributed by atoms with Gasteiger partial charge in [0.2, 0.25) is 10.0 Å². The van der Waals surface area contributed by atoms with Gasteiger partial charge in [0.1, 0.15) is 16.5 Å². The molecule has 0 aromatic heterocycles. The third-order valence-corrected chi connectivity index (χ3v) is 4.25. The summed E-state index contributed by atoms with van der Waals surface area (Å²) in [5, 5.41) is 0. The highest BCUT2D eigenvalue weighted by molar-refractivity contribution is 14.1. The van der Waals surface area contributed by atoms with E-state index in [-0.39, 0.29) is 16.5 Å². The normalized spacial score (nSPS) is 11.8. The van der Waals surface area contributed by atoms with Crippen molar-refractivity contribution < 1.29 is 17.2 Å². The molecule has 0 aliphatic carbocycles. The quantitative estimate of drug-likeness (QED) is 0.660. The van der Waals surface area contributed by atoms with Gasteiger partial charge in [-0.2, -0.15) is 0 Å². The minimum atomic E-state index is -3.96. The number of hydrogen-bond acceptors (Lipinski definition) is 2. The number of sulfonamides is 1. The molecule has 0 aliphatic heterocycles. The lowest BCUT2D eigenvalue weighted by Gasteiger charge is -2.07. The summed E-state index contributed by atoms with van der Waals surface area (Å²) < 4.78 is 52.1. The Balaban J connectivity index is 3.31. The molecule has 90 valence electrons. The summed E-state index contributed by atoms with van der Waals surface area (Å²) in [5.41, 5.74) is 0.147. The minimum Gasteiger partial charge on any atom is -0.211 e. The Kier molecular flexibility index (Phi) is 4.62. The molecule has 0 radical (unpaired) electrons. The van der Waals surface area contributed by atoms with Crippen LogP contribution in [0.4, 0.5) is 8.78 Å². The maximum atomic E-state index is 13.4. The second kappa shape index (κ2) is 5.37. The summed E-state index contributed by atoms with van der Waals surface area (Å²) in [4.78, 5) is -0.652. The van der Waals surface area contributed by atoms with Crippen LogP contribution in [0.5, 0.6) is 0 Å². The first-order valence-electron chi connectivity index (χ1n) is 4.46. The standard InChI is InChI=1S/C9H10F2INO2S/c1-2-13-16(14,15)9-4-7(10)6(5-12)3-8(9)11/h3-4,13H,2,5H2,1H3. The number of halogens is 3. The van der Waals surface area contributed by atoms with Crippen LogP contribution >= 0.6 is 22.6 Å². The van der Waals surface area contributed by atoms with Crippen molar-refractivity contribution in [3.05, 3.63) is 29.3 Å². The van der Waals surface area contributed by atoms with Crippen molar-refractivity contribution in [2.75, 3.05) is 6.54 Å². The molecule has 7 heteroatoms. The van der Waals surface area contributed by atoms with Crippen LogP contribution in [0.2, 0.25) is 0 Å². The van der Waals surface area contributed by atoms with Crippen LogP contribution < -0.4 is 4.72 Å². The van der Waals surface area contributed by atoms with Crippen molar-refractivity contribution in [3.8, 4) is 0 Å². The fourth-order valence-corrected chi connectivity index (χ4v) is 2.84. The minimum absolute atomic E-state index is 0.122. The molecule has 0 atom stereocenters. The van der Waals surface area contributed by atoms with Gasteiger partial charge in [0.15, 0.2) is 0 Å². The summed E-state index contributed by atoms with van der Waals surface area (Å²) in [5.74, 6) is -1.65. The van der Waals surface area contributed by atoms with E-state index in [1.807, 2.05) is 22.6 Å². The highest BCUT2D eigenvalue weighted by Crippen LogP contribution is 2.20. The van der Waals surface area contributed by atoms with E-state index in [1.54, 1.807) is 6.92 Å². The smallest absolute Gasteiger partial charge is 0.211 e. The van der Waals surface area contributed by atoms with E-state index < -0.39 is 26.6 Å². The first kappa shape index (κ1) is 13.8. The van der Waals surface area contributed by atoms with Gasteiger partial charge in [0.25, 0.3) is 0 Å². The number of nitrogens with one attached hydrogen (secondary N) is 1. The molecule has 1 N–H and O–H groups in total. The number of alkyl halides is 1. The molecular weight excluding hydrogens is 351 g/mol. The Labute approximate surface area is 106 Å². The first-order valence-corrected chi connectivity index (χ1v) is 7.46. The molecule has 0 fully saturated rings. The van der Waals surface area contributed by atoms with Crippen LogP contribution in [0, 0.1) is 11.6 Å². The van der Waals surface area contributed by atoms with Crippen LogP contribution in [0.1, 0.15) is 12.5 Å². The monoisotopic (exact) mass is 361 g/mol. The maximum absolute atomic E-state index is 13.4. The van der Waals surface area contributed by atoms with Gasteiger partial charge in [-0.1, -0.05) is 29.5 Å². The predicted octanol–water partition coefficient (Wildman–Crippen LogP) is 2.20. The topological polar surface area (TPSA) is 46.2 Å². The summed E-state index contributed by atoms with van der Waals surface area (Å²) >= 11 is 1.87. The van der Waals surface area contributed by atoms with Crippen LogP contribution in [0.25, 0.3) is 0 Å². The lowest BCUT2D eigenvalue weighted by Crippen LogP contribution is -2.24. The zero-order valence-electron chi connectivity index (χ0n) is 8.43. The molecule has 0 amide bonds. The first-order chi connectivity index (χ1) is 7.42. The van der Waals surface area contributed by atoms with Gasteiger partial charge in [0.05, 0.1) is 0 Å². The van der Waals surface area contributed by atoms with Crippen molar-refractivity contribution in [2.24, 2.45) is 0 Å². The highest BCUT2D eigenvalue weighted by atomic mass is 127. The summed E-state index contributed by atoms with van der Waals surface area (Å²) in [6, 6.07) is 1.62. The largest absolute Gasteiger partial charge is 0.243 e. The molecule has 3 nitrogen and oxygen atoms in total. The zero-order valence-corrected chi connectivity index (χ0v) is 11.4. The molecule has 1 aromatic carbocycles. The third kappa shape index (κ3) is 2.89. The van der Waals surface area contributed by atoms with Gasteiger partial charge in [-0.05, 0) is 12.1 Å². The maximum Gasteiger partial charge on any atom is 0.243 e. The molecule has 0 bridgehead atoms. The van der Waals surface area contributed by atoms with Gasteiger partial charge in [-0.3, -0.25) is 0 Å². The van der Waals surface area contributed by atoms with E-state index >= 15 is 0 Å². The van der Waals surface area contributed by atoms with Gasteiger partial charge < -0.3 is 0 Å². The lowest BCUT2D eigenvalue weighted by molar-refractivity contribution is 0.543. The van der Waals surface area contributed by atoms with Crippen LogP contribution in [0.15, 0.2) is 17.0 Å². The molecule has 0 heterocycles. The predicted molar refractivity (Wildman–Crippen MR) is 64.9 cm³/mol.